The molecule has 0 radical (unpaired) electrons. The molecule has 0 spiro atoms. The highest BCUT2D eigenvalue weighted by Crippen LogP contribution is 2.37. The maximum atomic E-state index is 15.1. The number of carbonyl (C=O) groups excluding carboxylic acids is 1. The number of aromatic nitrogens is 3. The molecule has 1 fully saturated rings. The van der Waals surface area contributed by atoms with Gasteiger partial charge in [0, 0.05) is 30.4 Å². The van der Waals surface area contributed by atoms with Gasteiger partial charge in [-0.05, 0) is 45.0 Å². The van der Waals surface area contributed by atoms with Gasteiger partial charge in [0.25, 0.3) is 0 Å². The molecule has 0 bridgehead atoms. The minimum atomic E-state index is -0.535. The maximum Gasteiger partial charge on any atom is 0.410 e. The van der Waals surface area contributed by atoms with Crippen molar-refractivity contribution in [1.29, 1.82) is 0 Å². The number of likely N-dealkylation sites (tertiary alicyclic amines) is 1. The lowest BCUT2D eigenvalue weighted by molar-refractivity contribution is 0.0128. The summed E-state index contributed by atoms with van der Waals surface area (Å²) in [5.74, 6) is 0.643. The lowest BCUT2D eigenvalue weighted by atomic mass is 10.1. The molecule has 4 aromatic rings. The Balaban J connectivity index is 1.39. The molecule has 1 amide bonds. The molecule has 1 saturated heterocycles. The van der Waals surface area contributed by atoms with Crippen LogP contribution in [-0.2, 0) is 4.74 Å². The topological polar surface area (TPSA) is 89.5 Å². The number of carbonyl (C=O) groups is 1. The summed E-state index contributed by atoms with van der Waals surface area (Å²) in [7, 11) is 0. The molecule has 2 aromatic heterocycles. The van der Waals surface area contributed by atoms with Gasteiger partial charge in [-0.1, -0.05) is 15.9 Å². The van der Waals surface area contributed by atoms with Gasteiger partial charge in [0.2, 0.25) is 0 Å². The van der Waals surface area contributed by atoms with Crippen molar-refractivity contribution in [1.82, 2.24) is 19.9 Å². The molecule has 11 heteroatoms. The summed E-state index contributed by atoms with van der Waals surface area (Å²) in [4.78, 5) is 27.1. The molecular weight excluding hydrogens is 549 g/mol. The predicted molar refractivity (Wildman–Crippen MR) is 142 cm³/mol. The quantitative estimate of drug-likeness (QED) is 0.292. The molecule has 0 aliphatic carbocycles. The zero-order valence-corrected chi connectivity index (χ0v) is 22.5. The van der Waals surface area contributed by atoms with Gasteiger partial charge in [-0.2, -0.15) is 0 Å². The van der Waals surface area contributed by atoms with E-state index in [2.05, 4.69) is 36.2 Å². The van der Waals surface area contributed by atoms with Crippen LogP contribution in [0.5, 0.6) is 5.75 Å². The van der Waals surface area contributed by atoms with E-state index >= 15 is 4.39 Å². The van der Waals surface area contributed by atoms with Gasteiger partial charge in [-0.15, -0.1) is 11.3 Å². The van der Waals surface area contributed by atoms with Gasteiger partial charge < -0.3 is 19.7 Å². The van der Waals surface area contributed by atoms with Gasteiger partial charge >= 0.3 is 6.09 Å². The van der Waals surface area contributed by atoms with Crippen molar-refractivity contribution in [3.8, 4) is 5.75 Å². The number of ether oxygens (including phenoxy) is 2. The first-order valence-corrected chi connectivity index (χ1v) is 13.2. The third-order valence-corrected chi connectivity index (χ3v) is 7.04. The van der Waals surface area contributed by atoms with Crippen LogP contribution in [0.2, 0.25) is 0 Å². The summed E-state index contributed by atoms with van der Waals surface area (Å²) in [5.41, 5.74) is 2.65. The van der Waals surface area contributed by atoms with Crippen molar-refractivity contribution < 1.29 is 18.7 Å². The minimum absolute atomic E-state index is 0.112. The van der Waals surface area contributed by atoms with E-state index in [-0.39, 0.29) is 18.0 Å². The summed E-state index contributed by atoms with van der Waals surface area (Å²) in [5, 5.41) is 3.78. The standard InChI is InChI=1S/C25H25BrFN5O3S/c1-25(2,3)35-24(33)32-8-6-15(7-9-32)34-19-11-14(26)10-18-20(19)23(29-12-28-18)31-16-4-5-17-22(21(16)27)36-13-30-17/h4-5,10-13,15H,6-9H2,1-3H3,(H,28,29,31). The molecule has 0 unspecified atom stereocenters. The third-order valence-electron chi connectivity index (χ3n) is 5.75. The summed E-state index contributed by atoms with van der Waals surface area (Å²) in [6, 6.07) is 7.15. The fourth-order valence-corrected chi connectivity index (χ4v) is 5.24. The van der Waals surface area contributed by atoms with Gasteiger partial charge in [-0.3, -0.25) is 0 Å². The Bertz CT molecular complexity index is 1430. The van der Waals surface area contributed by atoms with E-state index in [0.717, 1.165) is 4.47 Å². The molecule has 0 saturated carbocycles. The number of hydrogen-bond donors (Lipinski definition) is 1. The molecule has 188 valence electrons. The van der Waals surface area contributed by atoms with E-state index in [4.69, 9.17) is 9.47 Å². The number of thiazole rings is 1. The van der Waals surface area contributed by atoms with Crippen LogP contribution in [-0.4, -0.2) is 50.7 Å². The average Bonchev–Trinajstić information content (AvgIpc) is 3.30. The highest BCUT2D eigenvalue weighted by Gasteiger charge is 2.28. The Morgan fingerprint density at radius 2 is 1.94 bits per heavy atom. The normalized spacial score (nSPS) is 14.9. The van der Waals surface area contributed by atoms with E-state index in [9.17, 15) is 4.79 Å². The zero-order chi connectivity index (χ0) is 25.4. The van der Waals surface area contributed by atoms with Crippen LogP contribution in [0.15, 0.2) is 40.6 Å². The van der Waals surface area contributed by atoms with Crippen molar-refractivity contribution in [3.05, 3.63) is 46.4 Å². The van der Waals surface area contributed by atoms with Crippen LogP contribution in [0.25, 0.3) is 21.1 Å². The molecule has 2 aromatic carbocycles. The van der Waals surface area contributed by atoms with Crippen molar-refractivity contribution >= 4 is 66.0 Å². The first kappa shape index (κ1) is 24.6. The average molecular weight is 574 g/mol. The lowest BCUT2D eigenvalue weighted by Crippen LogP contribution is -2.44. The molecule has 8 nitrogen and oxygen atoms in total. The van der Waals surface area contributed by atoms with Crippen LogP contribution < -0.4 is 10.1 Å². The van der Waals surface area contributed by atoms with Crippen molar-refractivity contribution in [2.45, 2.75) is 45.3 Å². The number of piperidine rings is 1. The van der Waals surface area contributed by atoms with E-state index in [0.29, 0.717) is 64.3 Å². The van der Waals surface area contributed by atoms with Crippen LogP contribution in [0.4, 0.5) is 20.7 Å². The molecule has 3 heterocycles. The molecule has 5 rings (SSSR count). The Hall–Kier alpha value is -3.05. The highest BCUT2D eigenvalue weighted by molar-refractivity contribution is 9.10. The molecule has 1 aliphatic heterocycles. The number of hydrogen-bond acceptors (Lipinski definition) is 8. The number of nitrogens with one attached hydrogen (secondary N) is 1. The maximum absolute atomic E-state index is 15.1. The van der Waals surface area contributed by atoms with Crippen LogP contribution in [0, 0.1) is 5.82 Å². The first-order valence-electron chi connectivity index (χ1n) is 11.6. The lowest BCUT2D eigenvalue weighted by Gasteiger charge is -2.33. The van der Waals surface area contributed by atoms with E-state index in [1.807, 2.05) is 32.9 Å². The molecule has 1 N–H and O–H groups in total. The summed E-state index contributed by atoms with van der Waals surface area (Å²) in [6.45, 7) is 6.64. The Labute approximate surface area is 220 Å². The summed E-state index contributed by atoms with van der Waals surface area (Å²) in [6.07, 6.45) is 2.32. The second-order valence-corrected chi connectivity index (χ2v) is 11.3. The minimum Gasteiger partial charge on any atom is -0.489 e. The van der Waals surface area contributed by atoms with Crippen LogP contribution >= 0.6 is 27.3 Å². The monoisotopic (exact) mass is 573 g/mol. The van der Waals surface area contributed by atoms with Crippen LogP contribution in [0.3, 0.4) is 0 Å². The number of nitrogens with zero attached hydrogens (tertiary/aromatic N) is 4. The van der Waals surface area contributed by atoms with Crippen molar-refractivity contribution in [2.75, 3.05) is 18.4 Å². The number of halogens is 2. The second kappa shape index (κ2) is 9.78. The highest BCUT2D eigenvalue weighted by atomic mass is 79.9. The largest absolute Gasteiger partial charge is 0.489 e. The SMILES string of the molecule is CC(C)(C)OC(=O)N1CCC(Oc2cc(Br)cc3ncnc(Nc4ccc5ncsc5c4F)c23)CC1. The number of benzene rings is 2. The Morgan fingerprint density at radius 1 is 1.17 bits per heavy atom. The fraction of sp³-hybridized carbons (Fsp3) is 0.360. The Kier molecular flexibility index (Phi) is 6.69. The van der Waals surface area contributed by atoms with E-state index < -0.39 is 5.60 Å². The molecule has 36 heavy (non-hydrogen) atoms. The number of amides is 1. The van der Waals surface area contributed by atoms with Crippen molar-refractivity contribution in [2.24, 2.45) is 0 Å². The first-order chi connectivity index (χ1) is 17.2. The van der Waals surface area contributed by atoms with Crippen LogP contribution in [0.1, 0.15) is 33.6 Å². The summed E-state index contributed by atoms with van der Waals surface area (Å²) < 4.78 is 28.3. The van der Waals surface area contributed by atoms with Crippen molar-refractivity contribution in [3.63, 3.8) is 0 Å². The smallest absolute Gasteiger partial charge is 0.410 e. The van der Waals surface area contributed by atoms with E-state index in [1.165, 1.54) is 17.7 Å². The molecule has 0 atom stereocenters. The van der Waals surface area contributed by atoms with Gasteiger partial charge in [0.1, 0.15) is 29.6 Å². The molecular formula is C25H25BrFN5O3S. The van der Waals surface area contributed by atoms with Gasteiger partial charge in [0.05, 0.1) is 32.3 Å². The zero-order valence-electron chi connectivity index (χ0n) is 20.0. The van der Waals surface area contributed by atoms with Gasteiger partial charge in [0.15, 0.2) is 5.82 Å². The fourth-order valence-electron chi connectivity index (χ4n) is 4.09. The van der Waals surface area contributed by atoms with E-state index in [1.54, 1.807) is 22.5 Å². The van der Waals surface area contributed by atoms with Gasteiger partial charge in [-0.25, -0.2) is 24.1 Å². The molecule has 1 aliphatic rings. The summed E-state index contributed by atoms with van der Waals surface area (Å²) >= 11 is 4.78. The number of fused-ring (bicyclic) bond motifs is 2. The number of anilines is 2. The predicted octanol–water partition coefficient (Wildman–Crippen LogP) is 6.66. The third kappa shape index (κ3) is 5.22. The Morgan fingerprint density at radius 3 is 2.69 bits per heavy atom. The second-order valence-electron chi connectivity index (χ2n) is 9.56. The number of rotatable bonds is 4.